The molecule has 0 amide bonds. The summed E-state index contributed by atoms with van der Waals surface area (Å²) in [5.74, 6) is 0. The van der Waals surface area contributed by atoms with E-state index in [1.165, 1.54) is 103 Å². The van der Waals surface area contributed by atoms with E-state index < -0.39 is 0 Å². The van der Waals surface area contributed by atoms with Gasteiger partial charge in [0.2, 0.25) is 0 Å². The van der Waals surface area contributed by atoms with E-state index in [0.717, 1.165) is 0 Å². The summed E-state index contributed by atoms with van der Waals surface area (Å²) in [5, 5.41) is 0. The lowest BCUT2D eigenvalue weighted by Gasteiger charge is -2.03. The van der Waals surface area contributed by atoms with Crippen LogP contribution in [0.4, 0.5) is 0 Å². The fraction of sp³-hybridized carbons (Fsp3) is 0.905. The van der Waals surface area contributed by atoms with Crippen LogP contribution in [-0.4, -0.2) is 0 Å². The quantitative estimate of drug-likeness (QED) is 0.199. The predicted molar refractivity (Wildman–Crippen MR) is 99.0 cm³/mol. The van der Waals surface area contributed by atoms with Crippen LogP contribution in [-0.2, 0) is 0 Å². The summed E-state index contributed by atoms with van der Waals surface area (Å²) in [7, 11) is 0. The first-order chi connectivity index (χ1) is 10.3. The number of allylic oxidation sites excluding steroid dienone is 2. The first kappa shape index (κ1) is 20.7. The maximum atomic E-state index is 2.29. The molecule has 0 fully saturated rings. The summed E-state index contributed by atoms with van der Waals surface area (Å²) in [6.07, 6.45) is 25.4. The van der Waals surface area contributed by atoms with Crippen molar-refractivity contribution in [2.24, 2.45) is 0 Å². The molecule has 0 rings (SSSR count). The summed E-state index contributed by atoms with van der Waals surface area (Å²) in [5.41, 5.74) is 1.56. The molecule has 0 nitrogen and oxygen atoms in total. The van der Waals surface area contributed by atoms with Crippen molar-refractivity contribution in [3.8, 4) is 0 Å². The van der Waals surface area contributed by atoms with E-state index in [9.17, 15) is 0 Å². The van der Waals surface area contributed by atoms with E-state index in [0.29, 0.717) is 0 Å². The molecule has 0 saturated heterocycles. The van der Waals surface area contributed by atoms with Gasteiger partial charge in [-0.1, -0.05) is 108 Å². The van der Waals surface area contributed by atoms with Gasteiger partial charge in [-0.2, -0.15) is 0 Å². The molecule has 21 heavy (non-hydrogen) atoms. The summed E-state index contributed by atoms with van der Waals surface area (Å²) in [6.45, 7) is 6.70. The van der Waals surface area contributed by atoms with Gasteiger partial charge < -0.3 is 0 Å². The number of hydrogen-bond donors (Lipinski definition) is 0. The van der Waals surface area contributed by atoms with Crippen LogP contribution in [0.5, 0.6) is 0 Å². The third-order valence-electron chi connectivity index (χ3n) is 4.67. The summed E-state index contributed by atoms with van der Waals surface area (Å²) in [6, 6.07) is 0. The zero-order valence-electron chi connectivity index (χ0n) is 15.4. The van der Waals surface area contributed by atoms with E-state index in [-0.39, 0.29) is 0 Å². The van der Waals surface area contributed by atoms with Gasteiger partial charge in [0.1, 0.15) is 0 Å². The molecule has 0 aromatic carbocycles. The third kappa shape index (κ3) is 17.7. The van der Waals surface area contributed by atoms with Crippen LogP contribution in [0.2, 0.25) is 0 Å². The summed E-state index contributed by atoms with van der Waals surface area (Å²) < 4.78 is 0. The maximum Gasteiger partial charge on any atom is -0.0323 e. The number of unbranched alkanes of at least 4 members (excludes halogenated alkanes) is 14. The molecule has 0 bridgehead atoms. The highest BCUT2D eigenvalue weighted by Gasteiger charge is 1.94. The van der Waals surface area contributed by atoms with Gasteiger partial charge in [0.05, 0.1) is 0 Å². The number of hydrogen-bond acceptors (Lipinski definition) is 0. The van der Waals surface area contributed by atoms with Gasteiger partial charge in [0.15, 0.2) is 0 Å². The zero-order valence-corrected chi connectivity index (χ0v) is 15.4. The summed E-state index contributed by atoms with van der Waals surface area (Å²) >= 11 is 0. The van der Waals surface area contributed by atoms with Crippen molar-refractivity contribution in [2.75, 3.05) is 0 Å². The molecular weight excluding hydrogens is 252 g/mol. The van der Waals surface area contributed by atoms with Crippen LogP contribution in [0.1, 0.15) is 124 Å². The largest absolute Gasteiger partial charge is 0.0887 e. The van der Waals surface area contributed by atoms with Gasteiger partial charge in [-0.3, -0.25) is 0 Å². The molecule has 0 aromatic rings. The Hall–Kier alpha value is -0.260. The second-order valence-corrected chi connectivity index (χ2v) is 6.83. The first-order valence-electron chi connectivity index (χ1n) is 9.93. The second-order valence-electron chi connectivity index (χ2n) is 6.83. The molecule has 0 aromatic heterocycles. The molecule has 0 radical (unpaired) electrons. The van der Waals surface area contributed by atoms with Crippen molar-refractivity contribution in [1.29, 1.82) is 0 Å². The Morgan fingerprint density at radius 2 is 0.905 bits per heavy atom. The normalized spacial score (nSPS) is 12.0. The lowest BCUT2D eigenvalue weighted by atomic mass is 10.0. The topological polar surface area (TPSA) is 0 Å². The molecule has 0 aliphatic rings. The average Bonchev–Trinajstić information content (AvgIpc) is 2.50. The van der Waals surface area contributed by atoms with Crippen LogP contribution in [0, 0.1) is 0 Å². The molecule has 126 valence electrons. The average molecular weight is 295 g/mol. The lowest BCUT2D eigenvalue weighted by molar-refractivity contribution is 0.532. The minimum Gasteiger partial charge on any atom is -0.0887 e. The Labute approximate surface area is 135 Å². The standard InChI is InChI=1S/C21H42/c1-4-6-7-8-9-10-11-12-13-14-15-16-17-18-19-20-21(3)5-2/h5H,4,6-20H2,1-3H3/b21-5+. The van der Waals surface area contributed by atoms with Gasteiger partial charge in [0.25, 0.3) is 0 Å². The Morgan fingerprint density at radius 3 is 1.24 bits per heavy atom. The van der Waals surface area contributed by atoms with Crippen LogP contribution in [0.15, 0.2) is 11.6 Å². The van der Waals surface area contributed by atoms with Crippen LogP contribution >= 0.6 is 0 Å². The van der Waals surface area contributed by atoms with Gasteiger partial charge >= 0.3 is 0 Å². The van der Waals surface area contributed by atoms with E-state index in [1.54, 1.807) is 5.57 Å². The fourth-order valence-corrected chi connectivity index (χ4v) is 2.92. The highest BCUT2D eigenvalue weighted by molar-refractivity contribution is 4.94. The lowest BCUT2D eigenvalue weighted by Crippen LogP contribution is -1.84. The van der Waals surface area contributed by atoms with Gasteiger partial charge in [-0.15, -0.1) is 0 Å². The molecule has 0 N–H and O–H groups in total. The van der Waals surface area contributed by atoms with Crippen LogP contribution < -0.4 is 0 Å². The molecule has 0 heterocycles. The van der Waals surface area contributed by atoms with Gasteiger partial charge in [-0.05, 0) is 26.7 Å². The van der Waals surface area contributed by atoms with Crippen LogP contribution in [0.25, 0.3) is 0 Å². The van der Waals surface area contributed by atoms with Crippen molar-refractivity contribution >= 4 is 0 Å². The van der Waals surface area contributed by atoms with Gasteiger partial charge in [0, 0.05) is 0 Å². The second kappa shape index (κ2) is 17.8. The zero-order chi connectivity index (χ0) is 15.6. The summed E-state index contributed by atoms with van der Waals surface area (Å²) in [4.78, 5) is 0. The molecule has 0 aliphatic heterocycles. The highest BCUT2D eigenvalue weighted by atomic mass is 14.0. The predicted octanol–water partition coefficient (Wildman–Crippen LogP) is 8.21. The minimum absolute atomic E-state index is 1.31. The molecular formula is C21H42. The Kier molecular flexibility index (Phi) is 17.6. The maximum absolute atomic E-state index is 2.29. The third-order valence-corrected chi connectivity index (χ3v) is 4.67. The minimum atomic E-state index is 1.31. The molecule has 0 atom stereocenters. The van der Waals surface area contributed by atoms with Gasteiger partial charge in [-0.25, -0.2) is 0 Å². The molecule has 0 heteroatoms. The highest BCUT2D eigenvalue weighted by Crippen LogP contribution is 2.14. The van der Waals surface area contributed by atoms with Crippen LogP contribution in [0.3, 0.4) is 0 Å². The van der Waals surface area contributed by atoms with E-state index >= 15 is 0 Å². The smallest absolute Gasteiger partial charge is 0.0323 e. The van der Waals surface area contributed by atoms with E-state index in [1.807, 2.05) is 0 Å². The molecule has 0 aliphatic carbocycles. The van der Waals surface area contributed by atoms with Crippen molar-refractivity contribution in [3.63, 3.8) is 0 Å². The van der Waals surface area contributed by atoms with Crippen molar-refractivity contribution in [1.82, 2.24) is 0 Å². The first-order valence-corrected chi connectivity index (χ1v) is 9.93. The fourth-order valence-electron chi connectivity index (χ4n) is 2.92. The Bertz CT molecular complexity index is 214. The van der Waals surface area contributed by atoms with Crippen molar-refractivity contribution in [3.05, 3.63) is 11.6 Å². The number of rotatable bonds is 16. The van der Waals surface area contributed by atoms with E-state index in [2.05, 4.69) is 26.8 Å². The van der Waals surface area contributed by atoms with E-state index in [4.69, 9.17) is 0 Å². The van der Waals surface area contributed by atoms with Crippen molar-refractivity contribution in [2.45, 2.75) is 124 Å². The Morgan fingerprint density at radius 1 is 0.571 bits per heavy atom. The molecule has 0 spiro atoms. The monoisotopic (exact) mass is 294 g/mol. The SMILES string of the molecule is C/C=C(\C)CCCCCCCCCCCCCCCCC. The van der Waals surface area contributed by atoms with Crippen molar-refractivity contribution < 1.29 is 0 Å². The molecule has 0 saturated carbocycles. The Balaban J connectivity index is 2.99. The molecule has 0 unspecified atom stereocenters.